The Hall–Kier alpha value is -1.97. The first-order chi connectivity index (χ1) is 6.61. The van der Waals surface area contributed by atoms with Crippen LogP contribution in [0.5, 0.6) is 0 Å². The van der Waals surface area contributed by atoms with Crippen molar-refractivity contribution in [2.24, 2.45) is 0 Å². The van der Waals surface area contributed by atoms with Crippen molar-refractivity contribution in [3.8, 4) is 0 Å². The second-order valence-corrected chi connectivity index (χ2v) is 2.70. The van der Waals surface area contributed by atoms with E-state index < -0.39 is 11.8 Å². The number of hydrogen-bond donors (Lipinski definition) is 1. The van der Waals surface area contributed by atoms with E-state index in [1.54, 1.807) is 12.1 Å². The van der Waals surface area contributed by atoms with Gasteiger partial charge in [0.2, 0.25) is 0 Å². The van der Waals surface area contributed by atoms with Crippen molar-refractivity contribution >= 4 is 17.8 Å². The Morgan fingerprint density at radius 1 is 1.36 bits per heavy atom. The van der Waals surface area contributed by atoms with E-state index in [4.69, 9.17) is 5.11 Å². The highest BCUT2D eigenvalue weighted by Crippen LogP contribution is 2.06. The van der Waals surface area contributed by atoms with E-state index in [1.807, 2.05) is 0 Å². The standard InChI is InChI=1S/C10H9NO3/c1-7(12)9(10(13)14)6-8-2-4-11-5-3-8/h2-6H,1H3,(H,13,14). The van der Waals surface area contributed by atoms with Gasteiger partial charge in [-0.3, -0.25) is 9.78 Å². The van der Waals surface area contributed by atoms with Gasteiger partial charge in [-0.05, 0) is 30.7 Å². The molecule has 0 unspecified atom stereocenters. The third-order valence-corrected chi connectivity index (χ3v) is 1.63. The van der Waals surface area contributed by atoms with E-state index in [2.05, 4.69) is 4.98 Å². The Labute approximate surface area is 80.9 Å². The smallest absolute Gasteiger partial charge is 0.339 e. The summed E-state index contributed by atoms with van der Waals surface area (Å²) in [6, 6.07) is 3.26. The highest BCUT2D eigenvalue weighted by atomic mass is 16.4. The van der Waals surface area contributed by atoms with Crippen molar-refractivity contribution in [2.45, 2.75) is 6.92 Å². The molecule has 1 aromatic rings. The van der Waals surface area contributed by atoms with Crippen molar-refractivity contribution in [3.05, 3.63) is 35.7 Å². The van der Waals surface area contributed by atoms with Gasteiger partial charge < -0.3 is 5.11 Å². The van der Waals surface area contributed by atoms with Crippen LogP contribution in [0.25, 0.3) is 6.08 Å². The molecule has 0 fully saturated rings. The third kappa shape index (κ3) is 2.52. The first-order valence-electron chi connectivity index (χ1n) is 3.97. The number of ketones is 1. The second-order valence-electron chi connectivity index (χ2n) is 2.70. The van der Waals surface area contributed by atoms with Crippen molar-refractivity contribution in [3.63, 3.8) is 0 Å². The Balaban J connectivity index is 3.06. The molecule has 0 aliphatic rings. The Morgan fingerprint density at radius 2 is 1.93 bits per heavy atom. The lowest BCUT2D eigenvalue weighted by atomic mass is 10.1. The summed E-state index contributed by atoms with van der Waals surface area (Å²) in [6.07, 6.45) is 4.39. The number of hydrogen-bond acceptors (Lipinski definition) is 3. The van der Waals surface area contributed by atoms with Gasteiger partial charge >= 0.3 is 5.97 Å². The topological polar surface area (TPSA) is 67.3 Å². The summed E-state index contributed by atoms with van der Waals surface area (Å²) in [6.45, 7) is 1.22. The molecule has 1 aromatic heterocycles. The zero-order valence-corrected chi connectivity index (χ0v) is 7.60. The zero-order chi connectivity index (χ0) is 10.6. The lowest BCUT2D eigenvalue weighted by Crippen LogP contribution is -2.08. The molecule has 14 heavy (non-hydrogen) atoms. The van der Waals surface area contributed by atoms with Crippen molar-refractivity contribution in [2.75, 3.05) is 0 Å². The van der Waals surface area contributed by atoms with Gasteiger partial charge in [0.25, 0.3) is 0 Å². The average molecular weight is 191 g/mol. The lowest BCUT2D eigenvalue weighted by Gasteiger charge is -1.96. The van der Waals surface area contributed by atoms with E-state index in [1.165, 1.54) is 25.4 Å². The van der Waals surface area contributed by atoms with E-state index in [0.717, 1.165) is 0 Å². The molecule has 1 rings (SSSR count). The maximum Gasteiger partial charge on any atom is 0.339 e. The van der Waals surface area contributed by atoms with Gasteiger partial charge in [-0.25, -0.2) is 4.79 Å². The van der Waals surface area contributed by atoms with E-state index >= 15 is 0 Å². The molecule has 0 atom stereocenters. The molecule has 0 bridgehead atoms. The quantitative estimate of drug-likeness (QED) is 0.442. The lowest BCUT2D eigenvalue weighted by molar-refractivity contribution is -0.134. The minimum absolute atomic E-state index is 0.226. The normalized spacial score (nSPS) is 11.1. The van der Waals surface area contributed by atoms with Crippen LogP contribution in [0.1, 0.15) is 12.5 Å². The molecular weight excluding hydrogens is 182 g/mol. The van der Waals surface area contributed by atoms with Gasteiger partial charge in [-0.2, -0.15) is 0 Å². The number of rotatable bonds is 3. The number of carboxylic acids is 1. The number of nitrogens with zero attached hydrogens (tertiary/aromatic N) is 1. The summed E-state index contributed by atoms with van der Waals surface area (Å²) in [5, 5.41) is 8.70. The van der Waals surface area contributed by atoms with Gasteiger partial charge in [0.15, 0.2) is 5.78 Å². The van der Waals surface area contributed by atoms with Gasteiger partial charge in [0, 0.05) is 12.4 Å². The number of carboxylic acid groups (broad SMARTS) is 1. The molecule has 0 saturated heterocycles. The van der Waals surface area contributed by atoms with Gasteiger partial charge in [-0.15, -0.1) is 0 Å². The van der Waals surface area contributed by atoms with Crippen LogP contribution in [0.2, 0.25) is 0 Å². The van der Waals surface area contributed by atoms with Crippen molar-refractivity contribution < 1.29 is 14.7 Å². The first-order valence-corrected chi connectivity index (χ1v) is 3.97. The zero-order valence-electron chi connectivity index (χ0n) is 7.60. The molecule has 1 N–H and O–H groups in total. The Kier molecular flexibility index (Phi) is 3.12. The SMILES string of the molecule is CC(=O)C(=Cc1ccncc1)C(=O)O. The Morgan fingerprint density at radius 3 is 2.36 bits per heavy atom. The van der Waals surface area contributed by atoms with Crippen LogP contribution in [0.3, 0.4) is 0 Å². The molecule has 0 radical (unpaired) electrons. The van der Waals surface area contributed by atoms with Crippen molar-refractivity contribution in [1.82, 2.24) is 4.98 Å². The minimum atomic E-state index is -1.21. The maximum atomic E-state index is 10.9. The largest absolute Gasteiger partial charge is 0.478 e. The fraction of sp³-hybridized carbons (Fsp3) is 0.100. The number of Topliss-reactive ketones (excluding diaryl/α,β-unsaturated/α-hetero) is 1. The van der Waals surface area contributed by atoms with Crippen molar-refractivity contribution in [1.29, 1.82) is 0 Å². The van der Waals surface area contributed by atoms with Gasteiger partial charge in [0.05, 0.1) is 0 Å². The van der Waals surface area contributed by atoms with Crippen LogP contribution < -0.4 is 0 Å². The predicted molar refractivity (Wildman–Crippen MR) is 50.5 cm³/mol. The summed E-state index contributed by atoms with van der Waals surface area (Å²) < 4.78 is 0. The molecule has 0 amide bonds. The molecule has 0 aliphatic heterocycles. The summed E-state index contributed by atoms with van der Waals surface area (Å²) in [5.41, 5.74) is 0.420. The van der Waals surface area contributed by atoms with Gasteiger partial charge in [0.1, 0.15) is 5.57 Å². The first kappa shape index (κ1) is 10.1. The summed E-state index contributed by atoms with van der Waals surface area (Å²) in [4.78, 5) is 25.3. The summed E-state index contributed by atoms with van der Waals surface area (Å²) in [5.74, 6) is -1.68. The fourth-order valence-corrected chi connectivity index (χ4v) is 0.940. The molecule has 4 nitrogen and oxygen atoms in total. The van der Waals surface area contributed by atoms with Gasteiger partial charge in [-0.1, -0.05) is 0 Å². The molecule has 0 saturated carbocycles. The van der Waals surface area contributed by atoms with Crippen LogP contribution in [0, 0.1) is 0 Å². The number of aliphatic carboxylic acids is 1. The Bertz CT molecular complexity index is 366. The molecule has 1 heterocycles. The summed E-state index contributed by atoms with van der Waals surface area (Å²) in [7, 11) is 0. The highest BCUT2D eigenvalue weighted by molar-refractivity contribution is 6.19. The molecular formula is C10H9NO3. The summed E-state index contributed by atoms with van der Waals surface area (Å²) >= 11 is 0. The fourth-order valence-electron chi connectivity index (χ4n) is 0.940. The molecule has 0 spiro atoms. The number of pyridine rings is 1. The second kappa shape index (κ2) is 4.32. The maximum absolute atomic E-state index is 10.9. The van der Waals surface area contributed by atoms with E-state index in [0.29, 0.717) is 5.56 Å². The van der Waals surface area contributed by atoms with Crippen LogP contribution in [0.15, 0.2) is 30.1 Å². The van der Waals surface area contributed by atoms with Crippen LogP contribution >= 0.6 is 0 Å². The van der Waals surface area contributed by atoms with Crippen LogP contribution in [0.4, 0.5) is 0 Å². The molecule has 72 valence electrons. The monoisotopic (exact) mass is 191 g/mol. The van der Waals surface area contributed by atoms with E-state index in [9.17, 15) is 9.59 Å². The van der Waals surface area contributed by atoms with Crippen LogP contribution in [-0.4, -0.2) is 21.8 Å². The highest BCUT2D eigenvalue weighted by Gasteiger charge is 2.11. The minimum Gasteiger partial charge on any atom is -0.478 e. The molecule has 4 heteroatoms. The predicted octanol–water partition coefficient (Wildman–Crippen LogP) is 1.14. The van der Waals surface area contributed by atoms with Crippen LogP contribution in [-0.2, 0) is 9.59 Å². The average Bonchev–Trinajstić information content (AvgIpc) is 2.15. The molecule has 0 aromatic carbocycles. The van der Waals surface area contributed by atoms with E-state index in [-0.39, 0.29) is 5.57 Å². The number of aromatic nitrogens is 1. The third-order valence-electron chi connectivity index (χ3n) is 1.63. The molecule has 0 aliphatic carbocycles. The number of carbonyl (C=O) groups excluding carboxylic acids is 1. The number of carbonyl (C=O) groups is 2.